The first-order chi connectivity index (χ1) is 6.70. The Morgan fingerprint density at radius 2 is 2.14 bits per heavy atom. The average Bonchev–Trinajstić information content (AvgIpc) is 2.21. The maximum Gasteiger partial charge on any atom is 0.141 e. The largest absolute Gasteiger partial charge is 0.506 e. The summed E-state index contributed by atoms with van der Waals surface area (Å²) in [5, 5.41) is 9.58. The summed E-state index contributed by atoms with van der Waals surface area (Å²) in [5.74, 6) is 0.156. The molecule has 0 bridgehead atoms. The number of rotatable bonds is 3. The van der Waals surface area contributed by atoms with Gasteiger partial charge in [0.05, 0.1) is 0 Å². The number of pyridine rings is 1. The second-order valence-corrected chi connectivity index (χ2v) is 2.88. The first-order valence-corrected chi connectivity index (χ1v) is 4.30. The van der Waals surface area contributed by atoms with Crippen molar-refractivity contribution in [1.29, 1.82) is 0 Å². The Morgan fingerprint density at radius 1 is 1.43 bits per heavy atom. The molecule has 2 nitrogen and oxygen atoms in total. The van der Waals surface area contributed by atoms with E-state index < -0.39 is 0 Å². The third-order valence-corrected chi connectivity index (χ3v) is 1.98. The van der Waals surface area contributed by atoms with Crippen LogP contribution < -0.4 is 0 Å². The van der Waals surface area contributed by atoms with E-state index in [1.165, 1.54) is 0 Å². The zero-order valence-corrected chi connectivity index (χ0v) is 8.20. The van der Waals surface area contributed by atoms with Crippen LogP contribution in [0.2, 0.25) is 0 Å². The molecular formula is C12H13NO. The quantitative estimate of drug-likeness (QED) is 0.738. The first kappa shape index (κ1) is 10.3. The molecule has 0 aliphatic heterocycles. The van der Waals surface area contributed by atoms with Crippen LogP contribution in [-0.4, -0.2) is 10.1 Å². The van der Waals surface area contributed by atoms with E-state index in [2.05, 4.69) is 18.1 Å². The van der Waals surface area contributed by atoms with Crippen LogP contribution in [0, 0.1) is 0 Å². The smallest absolute Gasteiger partial charge is 0.141 e. The highest BCUT2D eigenvalue weighted by molar-refractivity contribution is 5.78. The molecule has 0 spiro atoms. The SMILES string of the molecule is C=C/C(C)=C(\C=C)c1ncccc1O. The van der Waals surface area contributed by atoms with E-state index in [0.29, 0.717) is 5.69 Å². The maximum atomic E-state index is 9.58. The number of nitrogens with zero attached hydrogens (tertiary/aromatic N) is 1. The lowest BCUT2D eigenvalue weighted by Gasteiger charge is -2.05. The summed E-state index contributed by atoms with van der Waals surface area (Å²) in [7, 11) is 0. The summed E-state index contributed by atoms with van der Waals surface area (Å²) in [4.78, 5) is 4.09. The number of hydrogen-bond acceptors (Lipinski definition) is 2. The summed E-state index contributed by atoms with van der Waals surface area (Å²) < 4.78 is 0. The van der Waals surface area contributed by atoms with E-state index in [1.54, 1.807) is 30.5 Å². The summed E-state index contributed by atoms with van der Waals surface area (Å²) in [6.07, 6.45) is 5.01. The van der Waals surface area contributed by atoms with Gasteiger partial charge in [0.2, 0.25) is 0 Å². The molecule has 0 fully saturated rings. The Kier molecular flexibility index (Phi) is 3.24. The highest BCUT2D eigenvalue weighted by atomic mass is 16.3. The van der Waals surface area contributed by atoms with Gasteiger partial charge >= 0.3 is 0 Å². The Bertz CT molecular complexity index is 391. The predicted molar refractivity (Wildman–Crippen MR) is 58.9 cm³/mol. The van der Waals surface area contributed by atoms with E-state index in [9.17, 15) is 5.11 Å². The van der Waals surface area contributed by atoms with Crippen molar-refractivity contribution in [2.24, 2.45) is 0 Å². The summed E-state index contributed by atoms with van der Waals surface area (Å²) in [6, 6.07) is 3.28. The van der Waals surface area contributed by atoms with Crippen LogP contribution in [0.4, 0.5) is 0 Å². The molecule has 0 saturated heterocycles. The van der Waals surface area contributed by atoms with Gasteiger partial charge in [0.1, 0.15) is 11.4 Å². The van der Waals surface area contributed by atoms with E-state index in [0.717, 1.165) is 11.1 Å². The molecule has 1 aromatic heterocycles. The molecule has 2 heteroatoms. The van der Waals surface area contributed by atoms with Gasteiger partial charge in [0.25, 0.3) is 0 Å². The zero-order valence-electron chi connectivity index (χ0n) is 8.20. The molecule has 1 heterocycles. The van der Waals surface area contributed by atoms with Gasteiger partial charge in [-0.3, -0.25) is 4.98 Å². The first-order valence-electron chi connectivity index (χ1n) is 4.30. The maximum absolute atomic E-state index is 9.58. The Morgan fingerprint density at radius 3 is 2.64 bits per heavy atom. The van der Waals surface area contributed by atoms with Gasteiger partial charge in [0.15, 0.2) is 0 Å². The molecule has 72 valence electrons. The van der Waals surface area contributed by atoms with Crippen LogP contribution in [0.15, 0.2) is 49.2 Å². The molecule has 0 saturated carbocycles. The van der Waals surface area contributed by atoms with Gasteiger partial charge < -0.3 is 5.11 Å². The fraction of sp³-hybridized carbons (Fsp3) is 0.0833. The van der Waals surface area contributed by atoms with Crippen LogP contribution in [0.5, 0.6) is 5.75 Å². The second-order valence-electron chi connectivity index (χ2n) is 2.88. The van der Waals surface area contributed by atoms with Crippen LogP contribution >= 0.6 is 0 Å². The number of aromatic nitrogens is 1. The third kappa shape index (κ3) is 1.91. The Hall–Kier alpha value is -1.83. The molecule has 0 unspecified atom stereocenters. The van der Waals surface area contributed by atoms with Crippen molar-refractivity contribution in [3.8, 4) is 5.75 Å². The van der Waals surface area contributed by atoms with Gasteiger partial charge in [-0.2, -0.15) is 0 Å². The lowest BCUT2D eigenvalue weighted by atomic mass is 10.1. The molecule has 1 N–H and O–H groups in total. The highest BCUT2D eigenvalue weighted by Crippen LogP contribution is 2.25. The van der Waals surface area contributed by atoms with E-state index in [4.69, 9.17) is 0 Å². The highest BCUT2D eigenvalue weighted by Gasteiger charge is 2.06. The number of allylic oxidation sites excluding steroid dienone is 4. The molecule has 1 aromatic rings. The standard InChI is InChI=1S/C12H13NO/c1-4-9(3)10(5-2)12-11(14)7-6-8-13-12/h4-8,14H,1-2H2,3H3/b10-9+. The lowest BCUT2D eigenvalue weighted by molar-refractivity contribution is 0.470. The van der Waals surface area contributed by atoms with Gasteiger partial charge in [0, 0.05) is 11.8 Å². The van der Waals surface area contributed by atoms with Crippen molar-refractivity contribution in [3.63, 3.8) is 0 Å². The minimum atomic E-state index is 0.156. The van der Waals surface area contributed by atoms with Gasteiger partial charge in [-0.1, -0.05) is 25.3 Å². The zero-order chi connectivity index (χ0) is 10.6. The van der Waals surface area contributed by atoms with Crippen LogP contribution in [-0.2, 0) is 0 Å². The van der Waals surface area contributed by atoms with Crippen molar-refractivity contribution in [2.75, 3.05) is 0 Å². The van der Waals surface area contributed by atoms with E-state index in [-0.39, 0.29) is 5.75 Å². The monoisotopic (exact) mass is 187 g/mol. The van der Waals surface area contributed by atoms with Crippen molar-refractivity contribution >= 4 is 5.57 Å². The second kappa shape index (κ2) is 4.42. The van der Waals surface area contributed by atoms with Crippen LogP contribution in [0.25, 0.3) is 5.57 Å². The average molecular weight is 187 g/mol. The molecule has 1 rings (SSSR count). The van der Waals surface area contributed by atoms with Gasteiger partial charge in [-0.05, 0) is 24.6 Å². The van der Waals surface area contributed by atoms with Crippen molar-refractivity contribution in [3.05, 3.63) is 54.9 Å². The van der Waals surface area contributed by atoms with E-state index in [1.807, 2.05) is 6.92 Å². The molecule has 14 heavy (non-hydrogen) atoms. The minimum absolute atomic E-state index is 0.156. The molecule has 0 aromatic carbocycles. The van der Waals surface area contributed by atoms with Crippen LogP contribution in [0.3, 0.4) is 0 Å². The fourth-order valence-electron chi connectivity index (χ4n) is 1.16. The van der Waals surface area contributed by atoms with Crippen molar-refractivity contribution in [1.82, 2.24) is 4.98 Å². The minimum Gasteiger partial charge on any atom is -0.506 e. The third-order valence-electron chi connectivity index (χ3n) is 1.98. The molecule has 0 atom stereocenters. The van der Waals surface area contributed by atoms with Crippen LogP contribution in [0.1, 0.15) is 12.6 Å². The van der Waals surface area contributed by atoms with Crippen molar-refractivity contribution in [2.45, 2.75) is 6.92 Å². The fourth-order valence-corrected chi connectivity index (χ4v) is 1.16. The summed E-state index contributed by atoms with van der Waals surface area (Å²) in [6.45, 7) is 9.26. The molecule has 0 aliphatic rings. The topological polar surface area (TPSA) is 33.1 Å². The number of hydrogen-bond donors (Lipinski definition) is 1. The summed E-state index contributed by atoms with van der Waals surface area (Å²) in [5.41, 5.74) is 2.28. The molecule has 0 amide bonds. The lowest BCUT2D eigenvalue weighted by Crippen LogP contribution is -1.89. The Balaban J connectivity index is 3.34. The predicted octanol–water partition coefficient (Wildman–Crippen LogP) is 2.93. The normalized spacial score (nSPS) is 11.8. The van der Waals surface area contributed by atoms with E-state index >= 15 is 0 Å². The summed E-state index contributed by atoms with van der Waals surface area (Å²) >= 11 is 0. The number of aromatic hydroxyl groups is 1. The Labute approximate surface area is 83.9 Å². The molecule has 0 radical (unpaired) electrons. The van der Waals surface area contributed by atoms with Crippen molar-refractivity contribution < 1.29 is 5.11 Å². The van der Waals surface area contributed by atoms with Gasteiger partial charge in [-0.25, -0.2) is 0 Å². The van der Waals surface area contributed by atoms with Gasteiger partial charge in [-0.15, -0.1) is 0 Å². The molecular weight excluding hydrogens is 174 g/mol. The molecule has 0 aliphatic carbocycles.